The molecule has 0 aliphatic carbocycles. The molecule has 0 atom stereocenters. The molecular formula is C30H43N5O4. The molecule has 0 fully saturated rings. The summed E-state index contributed by atoms with van der Waals surface area (Å²) in [7, 11) is 4.71. The number of benzene rings is 2. The summed E-state index contributed by atoms with van der Waals surface area (Å²) in [5.41, 5.74) is 2.37. The predicted octanol–water partition coefficient (Wildman–Crippen LogP) is 6.60. The molecule has 1 N–H and O–H groups in total. The lowest BCUT2D eigenvalue weighted by atomic mass is 10.0. The number of methoxy groups -OCH3 is 3. The van der Waals surface area contributed by atoms with E-state index in [-0.39, 0.29) is 12.3 Å². The third-order valence-electron chi connectivity index (χ3n) is 6.89. The molecule has 9 heteroatoms. The fourth-order valence-corrected chi connectivity index (χ4v) is 4.80. The van der Waals surface area contributed by atoms with Crippen molar-refractivity contribution in [2.45, 2.75) is 84.0 Å². The van der Waals surface area contributed by atoms with Crippen LogP contribution < -0.4 is 19.1 Å². The van der Waals surface area contributed by atoms with Crippen molar-refractivity contribution >= 4 is 17.3 Å². The second-order valence-electron chi connectivity index (χ2n) is 9.68. The topological polar surface area (TPSA) is 102 Å². The number of aryl methyl sites for hydroxylation is 1. The number of amides is 1. The van der Waals surface area contributed by atoms with E-state index in [0.29, 0.717) is 28.8 Å². The molecule has 0 spiro atoms. The minimum atomic E-state index is -0.228. The summed E-state index contributed by atoms with van der Waals surface area (Å²) in [5.74, 6) is 1.57. The van der Waals surface area contributed by atoms with Crippen LogP contribution in [0.25, 0.3) is 0 Å². The summed E-state index contributed by atoms with van der Waals surface area (Å²) in [6.45, 7) is 2.26. The molecule has 0 saturated heterocycles. The van der Waals surface area contributed by atoms with E-state index in [2.05, 4.69) is 33.6 Å². The number of tetrazole rings is 1. The van der Waals surface area contributed by atoms with Crippen LogP contribution in [0.15, 0.2) is 36.4 Å². The van der Waals surface area contributed by atoms with E-state index < -0.39 is 0 Å². The normalized spacial score (nSPS) is 10.9. The zero-order chi connectivity index (χ0) is 27.9. The van der Waals surface area contributed by atoms with Gasteiger partial charge in [0.25, 0.3) is 0 Å². The lowest BCUT2D eigenvalue weighted by Crippen LogP contribution is -2.29. The first kappa shape index (κ1) is 29.9. The van der Waals surface area contributed by atoms with Crippen LogP contribution in [0.1, 0.15) is 82.5 Å². The number of rotatable bonds is 18. The molecule has 39 heavy (non-hydrogen) atoms. The number of unbranched alkanes of at least 4 members (excludes halogenated alkanes) is 9. The lowest BCUT2D eigenvalue weighted by molar-refractivity contribution is -0.117. The monoisotopic (exact) mass is 537 g/mol. The highest BCUT2D eigenvalue weighted by atomic mass is 16.5. The highest BCUT2D eigenvalue weighted by Crippen LogP contribution is 2.45. The maximum absolute atomic E-state index is 13.9. The van der Waals surface area contributed by atoms with Crippen LogP contribution >= 0.6 is 0 Å². The average molecular weight is 538 g/mol. The van der Waals surface area contributed by atoms with Crippen LogP contribution in [-0.4, -0.2) is 47.9 Å². The van der Waals surface area contributed by atoms with Crippen molar-refractivity contribution in [2.24, 2.45) is 0 Å². The number of hydrogen-bond donors (Lipinski definition) is 1. The summed E-state index contributed by atoms with van der Waals surface area (Å²) in [6, 6.07) is 11.5. The highest BCUT2D eigenvalue weighted by Gasteiger charge is 2.29. The molecule has 0 aliphatic heterocycles. The summed E-state index contributed by atoms with van der Waals surface area (Å²) in [6.07, 6.45) is 13.6. The molecule has 1 heterocycles. The van der Waals surface area contributed by atoms with E-state index >= 15 is 0 Å². The van der Waals surface area contributed by atoms with E-state index in [4.69, 9.17) is 14.2 Å². The van der Waals surface area contributed by atoms with Gasteiger partial charge < -0.3 is 14.2 Å². The van der Waals surface area contributed by atoms with Crippen LogP contribution in [0.3, 0.4) is 0 Å². The van der Waals surface area contributed by atoms with E-state index in [0.717, 1.165) is 30.5 Å². The van der Waals surface area contributed by atoms with Crippen LogP contribution in [0.2, 0.25) is 0 Å². The van der Waals surface area contributed by atoms with Crippen molar-refractivity contribution in [3.05, 3.63) is 47.8 Å². The fraction of sp³-hybridized carbons (Fsp3) is 0.533. The smallest absolute Gasteiger partial charge is 0.239 e. The van der Waals surface area contributed by atoms with Gasteiger partial charge in [-0.3, -0.25) is 9.69 Å². The standard InChI is InChI=1S/C30H43N5O4/c1-5-6-7-8-9-10-11-12-13-14-17-23-18-15-16-19-25(23)35(29(36)22-28-31-33-34-32-28)30-26(38-3)20-24(37-2)21-27(30)39-4/h15-16,18-21H,5-14,17,22H2,1-4H3,(H,31,32,33,34). The van der Waals surface area contributed by atoms with E-state index in [1.807, 2.05) is 18.2 Å². The van der Waals surface area contributed by atoms with Gasteiger partial charge in [-0.2, -0.15) is 5.21 Å². The minimum absolute atomic E-state index is 0.0402. The third-order valence-corrected chi connectivity index (χ3v) is 6.89. The molecule has 9 nitrogen and oxygen atoms in total. The largest absolute Gasteiger partial charge is 0.496 e. The minimum Gasteiger partial charge on any atom is -0.496 e. The average Bonchev–Trinajstić information content (AvgIpc) is 3.47. The zero-order valence-corrected chi connectivity index (χ0v) is 23.9. The number of nitrogens with one attached hydrogen (secondary N) is 1. The molecule has 212 valence electrons. The molecule has 0 bridgehead atoms. The summed E-state index contributed by atoms with van der Waals surface area (Å²) in [5, 5.41) is 14.0. The molecule has 3 rings (SSSR count). The van der Waals surface area contributed by atoms with Crippen molar-refractivity contribution in [3.8, 4) is 17.2 Å². The van der Waals surface area contributed by atoms with Crippen molar-refractivity contribution in [3.63, 3.8) is 0 Å². The number of H-pyrrole nitrogens is 1. The summed E-state index contributed by atoms with van der Waals surface area (Å²) in [4.78, 5) is 15.5. The van der Waals surface area contributed by atoms with Crippen molar-refractivity contribution in [1.82, 2.24) is 20.6 Å². The van der Waals surface area contributed by atoms with Gasteiger partial charge in [0, 0.05) is 12.1 Å². The first-order valence-corrected chi connectivity index (χ1v) is 14.1. The zero-order valence-electron chi connectivity index (χ0n) is 23.9. The van der Waals surface area contributed by atoms with Gasteiger partial charge in [0.2, 0.25) is 5.91 Å². The van der Waals surface area contributed by atoms with Crippen LogP contribution in [0.4, 0.5) is 11.4 Å². The Hall–Kier alpha value is -3.62. The molecule has 0 aliphatic rings. The van der Waals surface area contributed by atoms with Gasteiger partial charge in [0.15, 0.2) is 5.82 Å². The summed E-state index contributed by atoms with van der Waals surface area (Å²) < 4.78 is 16.9. The highest BCUT2D eigenvalue weighted by molar-refractivity contribution is 6.04. The van der Waals surface area contributed by atoms with Gasteiger partial charge in [-0.05, 0) is 24.5 Å². The molecule has 0 radical (unpaired) electrons. The van der Waals surface area contributed by atoms with Crippen LogP contribution in [0, 0.1) is 0 Å². The number of para-hydroxylation sites is 1. The number of aromatic nitrogens is 4. The molecule has 3 aromatic rings. The number of hydrogen-bond acceptors (Lipinski definition) is 7. The Labute approximate surface area is 232 Å². The van der Waals surface area contributed by atoms with Crippen molar-refractivity contribution in [1.29, 1.82) is 0 Å². The SMILES string of the molecule is CCCCCCCCCCCCc1ccccc1N(C(=O)Cc1nn[nH]n1)c1c(OC)cc(OC)cc1OC. The molecule has 0 unspecified atom stereocenters. The second kappa shape index (κ2) is 16.4. The maximum atomic E-state index is 13.9. The van der Waals surface area contributed by atoms with Crippen molar-refractivity contribution < 1.29 is 19.0 Å². The van der Waals surface area contributed by atoms with Gasteiger partial charge in [0.05, 0.1) is 33.4 Å². The van der Waals surface area contributed by atoms with Crippen LogP contribution in [-0.2, 0) is 17.6 Å². The van der Waals surface area contributed by atoms with E-state index in [1.165, 1.54) is 51.4 Å². The van der Waals surface area contributed by atoms with Gasteiger partial charge >= 0.3 is 0 Å². The Morgan fingerprint density at radius 1 is 0.846 bits per heavy atom. The maximum Gasteiger partial charge on any atom is 0.239 e. The number of aromatic amines is 1. The Balaban J connectivity index is 1.81. The van der Waals surface area contributed by atoms with Gasteiger partial charge in [-0.25, -0.2) is 0 Å². The second-order valence-corrected chi connectivity index (χ2v) is 9.68. The van der Waals surface area contributed by atoms with Crippen LogP contribution in [0.5, 0.6) is 17.2 Å². The molecule has 1 aromatic heterocycles. The number of carbonyl (C=O) groups is 1. The first-order valence-electron chi connectivity index (χ1n) is 14.1. The number of nitrogens with zero attached hydrogens (tertiary/aromatic N) is 4. The van der Waals surface area contributed by atoms with E-state index in [1.54, 1.807) is 38.4 Å². The fourth-order valence-electron chi connectivity index (χ4n) is 4.80. The Kier molecular flexibility index (Phi) is 12.6. The Bertz CT molecular complexity index is 1110. The molecule has 2 aromatic carbocycles. The lowest BCUT2D eigenvalue weighted by Gasteiger charge is -2.28. The number of ether oxygens (including phenoxy) is 3. The summed E-state index contributed by atoms with van der Waals surface area (Å²) >= 11 is 0. The van der Waals surface area contributed by atoms with Gasteiger partial charge in [0.1, 0.15) is 22.9 Å². The van der Waals surface area contributed by atoms with Gasteiger partial charge in [-0.1, -0.05) is 88.1 Å². The number of anilines is 2. The molecular weight excluding hydrogens is 494 g/mol. The molecule has 0 saturated carbocycles. The van der Waals surface area contributed by atoms with Crippen molar-refractivity contribution in [2.75, 3.05) is 26.2 Å². The number of carbonyl (C=O) groups excluding carboxylic acids is 1. The Morgan fingerprint density at radius 3 is 2.03 bits per heavy atom. The third kappa shape index (κ3) is 8.70. The predicted molar refractivity (Wildman–Crippen MR) is 153 cm³/mol. The quantitative estimate of drug-likeness (QED) is 0.182. The first-order chi connectivity index (χ1) is 19.1. The van der Waals surface area contributed by atoms with E-state index in [9.17, 15) is 4.79 Å². The molecule has 1 amide bonds. The Morgan fingerprint density at radius 2 is 1.46 bits per heavy atom. The van der Waals surface area contributed by atoms with Gasteiger partial charge in [-0.15, -0.1) is 10.2 Å².